The third-order valence-corrected chi connectivity index (χ3v) is 15.5. The fourth-order valence-electron chi connectivity index (χ4n) is 10.1. The highest BCUT2D eigenvalue weighted by Gasteiger charge is 2.43. The van der Waals surface area contributed by atoms with Crippen molar-refractivity contribution in [3.8, 4) is 0 Å². The molecule has 20 nitrogen and oxygen atoms in total. The van der Waals surface area contributed by atoms with Gasteiger partial charge in [-0.25, -0.2) is 19.2 Å². The Morgan fingerprint density at radius 2 is 0.640 bits per heavy atom. The minimum absolute atomic E-state index is 0.0381. The SMILES string of the molecule is CC(C)C[C@H]1C(=O)O[C@H](Cc2ccc(Cn3ccc(Cl)cc3=O)cc2)C(=O)N(C)[C@@H](CC(C)C)C(=O)O[C@H](C)C(=O)N(C)[C@@H](CC(C)C)C(=O)O[C@H](Cc2ccc(Cn3ccc(Cl)cc3=O)cc2)C(=O)N(C)[C@@H](CC(C)C)C(=O)O[C@H](C)C(=O)N1C. The van der Waals surface area contributed by atoms with Crippen molar-refractivity contribution in [3.63, 3.8) is 0 Å². The summed E-state index contributed by atoms with van der Waals surface area (Å²) in [5.74, 6) is -7.99. The number of nitrogens with zero attached hydrogens (tertiary/aromatic N) is 6. The van der Waals surface area contributed by atoms with Crippen LogP contribution in [0.3, 0.4) is 0 Å². The molecule has 8 atom stereocenters. The number of pyridine rings is 2. The molecule has 0 radical (unpaired) electrons. The van der Waals surface area contributed by atoms with Crippen molar-refractivity contribution in [1.82, 2.24) is 28.7 Å². The molecule has 1 aliphatic rings. The smallest absolute Gasteiger partial charge is 0.329 e. The van der Waals surface area contributed by atoms with Gasteiger partial charge in [0.05, 0.1) is 13.1 Å². The van der Waals surface area contributed by atoms with Gasteiger partial charge in [-0.05, 0) is 97.6 Å². The molecule has 4 aromatic rings. The molecule has 0 saturated carbocycles. The number of likely N-dealkylation sites (N-methyl/N-ethyl adjacent to an activating group) is 4. The van der Waals surface area contributed by atoms with E-state index in [1.807, 2.05) is 55.4 Å². The van der Waals surface area contributed by atoms with Gasteiger partial charge >= 0.3 is 23.9 Å². The first-order valence-corrected chi connectivity index (χ1v) is 29.9. The van der Waals surface area contributed by atoms with Gasteiger partial charge in [0.25, 0.3) is 34.7 Å². The molecule has 0 spiro atoms. The molecule has 3 heterocycles. The number of hydrogen-bond acceptors (Lipinski definition) is 14. The van der Waals surface area contributed by atoms with E-state index in [1.165, 1.54) is 63.3 Å². The summed E-state index contributed by atoms with van der Waals surface area (Å²) in [6, 6.07) is 14.2. The molecule has 0 N–H and O–H groups in total. The van der Waals surface area contributed by atoms with Gasteiger partial charge in [-0.3, -0.25) is 28.8 Å². The van der Waals surface area contributed by atoms with Crippen molar-refractivity contribution in [1.29, 1.82) is 0 Å². The molecule has 0 unspecified atom stereocenters. The molecular weight excluding hydrogens is 1150 g/mol. The lowest BCUT2D eigenvalue weighted by molar-refractivity contribution is -0.176. The summed E-state index contributed by atoms with van der Waals surface area (Å²) >= 11 is 12.0. The van der Waals surface area contributed by atoms with Crippen LogP contribution in [0.1, 0.15) is 117 Å². The second-order valence-electron chi connectivity index (χ2n) is 24.1. The van der Waals surface area contributed by atoms with Crippen molar-refractivity contribution >= 4 is 70.7 Å². The van der Waals surface area contributed by atoms with Gasteiger partial charge in [-0.2, -0.15) is 0 Å². The van der Waals surface area contributed by atoms with Crippen molar-refractivity contribution in [3.05, 3.63) is 138 Å². The Hall–Kier alpha value is -7.32. The van der Waals surface area contributed by atoms with Crippen LogP contribution in [0.2, 0.25) is 10.0 Å². The van der Waals surface area contributed by atoms with E-state index in [1.54, 1.807) is 73.1 Å². The Morgan fingerprint density at radius 3 is 0.907 bits per heavy atom. The van der Waals surface area contributed by atoms with E-state index in [-0.39, 0.29) is 86.4 Å². The predicted molar refractivity (Wildman–Crippen MR) is 325 cm³/mol. The van der Waals surface area contributed by atoms with Gasteiger partial charge in [0.15, 0.2) is 24.4 Å². The molecule has 0 aliphatic carbocycles. The van der Waals surface area contributed by atoms with Crippen molar-refractivity contribution in [2.24, 2.45) is 23.7 Å². The summed E-state index contributed by atoms with van der Waals surface area (Å²) in [5, 5.41) is 0.587. The van der Waals surface area contributed by atoms with Crippen LogP contribution in [0.5, 0.6) is 0 Å². The zero-order valence-electron chi connectivity index (χ0n) is 51.8. The van der Waals surface area contributed by atoms with Gasteiger partial charge in [0.2, 0.25) is 0 Å². The molecule has 2 aromatic heterocycles. The third kappa shape index (κ3) is 19.3. The number of aromatic nitrogens is 2. The molecule has 2 aromatic carbocycles. The quantitative estimate of drug-likeness (QED) is 0.0787. The first-order valence-electron chi connectivity index (χ1n) is 29.1. The maximum Gasteiger partial charge on any atom is 0.329 e. The summed E-state index contributed by atoms with van der Waals surface area (Å²) in [4.78, 5) is 147. The summed E-state index contributed by atoms with van der Waals surface area (Å²) in [5.41, 5.74) is 1.88. The summed E-state index contributed by atoms with van der Waals surface area (Å²) in [6.07, 6.45) is -3.41. The maximum atomic E-state index is 15.0. The highest BCUT2D eigenvalue weighted by molar-refractivity contribution is 6.30. The monoisotopic (exact) mass is 1230 g/mol. The molecule has 5 rings (SSSR count). The number of carbonyl (C=O) groups is 8. The molecule has 1 saturated heterocycles. The van der Waals surface area contributed by atoms with E-state index in [0.29, 0.717) is 21.2 Å². The average Bonchev–Trinajstić information content (AvgIpc) is 2.19. The Morgan fingerprint density at radius 1 is 0.384 bits per heavy atom. The molecular formula is C64H84Cl2N6O14. The van der Waals surface area contributed by atoms with Gasteiger partial charge in [-0.1, -0.05) is 127 Å². The Bertz CT molecular complexity index is 2940. The lowest BCUT2D eigenvalue weighted by atomic mass is 9.99. The third-order valence-electron chi connectivity index (χ3n) is 15.0. The van der Waals surface area contributed by atoms with Gasteiger partial charge < -0.3 is 47.7 Å². The van der Waals surface area contributed by atoms with Crippen LogP contribution in [0.4, 0.5) is 0 Å². The zero-order chi connectivity index (χ0) is 64.0. The number of benzene rings is 2. The van der Waals surface area contributed by atoms with Crippen LogP contribution in [0.15, 0.2) is 94.8 Å². The Balaban J connectivity index is 1.59. The highest BCUT2D eigenvalue weighted by Crippen LogP contribution is 2.25. The first-order chi connectivity index (χ1) is 40.3. The fraction of sp³-hybridized carbons (Fsp3) is 0.531. The standard InChI is InChI=1S/C64H84Cl2N6O14/c1-37(2)27-49-61(79)83-41(9)57(75)67(11)52(30-40(7)8)64(82)86-54(32-44-17-21-46(22-18-44)36-72-26-24-48(66)34-56(72)74)60(78)70(14)50(28-38(3)4)62(80)84-42(10)58(76)68(12)51(29-39(5)6)63(81)85-53(59(77)69(49)13)31-43-15-19-45(20-16-43)35-71-25-23-47(65)33-55(71)73/h15-26,33-34,37-42,49-54H,27-32,35-36H2,1-14H3/t41-,42-,49+,50+,51+,52+,53-,54-/m1/s1. The molecule has 86 heavy (non-hydrogen) atoms. The fourth-order valence-corrected chi connectivity index (χ4v) is 10.4. The van der Waals surface area contributed by atoms with Gasteiger partial charge in [0.1, 0.15) is 24.2 Å². The second kappa shape index (κ2) is 31.4. The number of carbonyl (C=O) groups excluding carboxylic acids is 8. The van der Waals surface area contributed by atoms with Gasteiger partial charge in [0, 0.05) is 75.6 Å². The number of ether oxygens (including phenoxy) is 4. The van der Waals surface area contributed by atoms with Crippen LogP contribution in [0, 0.1) is 23.7 Å². The molecule has 22 heteroatoms. The van der Waals surface area contributed by atoms with Crippen LogP contribution >= 0.6 is 23.2 Å². The number of amides is 4. The van der Waals surface area contributed by atoms with Crippen molar-refractivity contribution in [2.75, 3.05) is 28.2 Å². The number of cyclic esters (lactones) is 4. The normalized spacial score (nSPS) is 22.4. The van der Waals surface area contributed by atoms with Crippen LogP contribution in [0.25, 0.3) is 0 Å². The van der Waals surface area contributed by atoms with E-state index in [2.05, 4.69) is 0 Å². The average molecular weight is 1230 g/mol. The van der Waals surface area contributed by atoms with Crippen LogP contribution in [-0.2, 0) is 83.2 Å². The Kier molecular flexibility index (Phi) is 25.3. The van der Waals surface area contributed by atoms with E-state index in [0.717, 1.165) is 30.7 Å². The molecule has 4 amide bonds. The lowest BCUT2D eigenvalue weighted by Gasteiger charge is -2.35. The van der Waals surface area contributed by atoms with E-state index in [9.17, 15) is 38.4 Å². The lowest BCUT2D eigenvalue weighted by Crippen LogP contribution is -2.55. The van der Waals surface area contributed by atoms with Crippen molar-refractivity contribution < 1.29 is 57.3 Å². The molecule has 468 valence electrons. The summed E-state index contributed by atoms with van der Waals surface area (Å²) in [6.45, 7) is 17.6. The maximum absolute atomic E-state index is 15.0. The van der Waals surface area contributed by atoms with Crippen molar-refractivity contribution in [2.45, 2.75) is 169 Å². The number of esters is 4. The van der Waals surface area contributed by atoms with Crippen LogP contribution < -0.4 is 11.1 Å². The zero-order valence-corrected chi connectivity index (χ0v) is 53.3. The molecule has 0 bridgehead atoms. The molecule has 1 aliphatic heterocycles. The first kappa shape index (κ1) is 69.5. The van der Waals surface area contributed by atoms with E-state index >= 15 is 9.59 Å². The number of rotatable bonds is 16. The molecule has 1 fully saturated rings. The van der Waals surface area contributed by atoms with E-state index in [4.69, 9.17) is 42.1 Å². The van der Waals surface area contributed by atoms with Crippen LogP contribution in [-0.4, -0.2) is 153 Å². The summed E-state index contributed by atoms with van der Waals surface area (Å²) in [7, 11) is 5.42. The second-order valence-corrected chi connectivity index (χ2v) is 24.9. The summed E-state index contributed by atoms with van der Waals surface area (Å²) < 4.78 is 27.1. The highest BCUT2D eigenvalue weighted by atomic mass is 35.5. The van der Waals surface area contributed by atoms with Gasteiger partial charge in [-0.15, -0.1) is 0 Å². The minimum Gasteiger partial charge on any atom is -0.451 e. The minimum atomic E-state index is -1.60. The topological polar surface area (TPSA) is 230 Å². The predicted octanol–water partition coefficient (Wildman–Crippen LogP) is 7.39. The Labute approximate surface area is 513 Å². The largest absolute Gasteiger partial charge is 0.451 e. The number of halogens is 2. The van der Waals surface area contributed by atoms with E-state index < -0.39 is 96.1 Å². The number of hydrogen-bond donors (Lipinski definition) is 0.